The van der Waals surface area contributed by atoms with E-state index in [4.69, 9.17) is 4.74 Å². The van der Waals surface area contributed by atoms with Gasteiger partial charge in [-0.05, 0) is 31.3 Å². The van der Waals surface area contributed by atoms with Crippen molar-refractivity contribution in [1.29, 1.82) is 0 Å². The second-order valence-corrected chi connectivity index (χ2v) is 2.88. The van der Waals surface area contributed by atoms with Gasteiger partial charge in [-0.1, -0.05) is 6.58 Å². The molecule has 0 aliphatic carbocycles. The highest BCUT2D eigenvalue weighted by Gasteiger charge is 2.14. The molecule has 11 heavy (non-hydrogen) atoms. The van der Waals surface area contributed by atoms with E-state index in [2.05, 4.69) is 6.58 Å². The molecule has 0 aromatic heterocycles. The summed E-state index contributed by atoms with van der Waals surface area (Å²) >= 11 is 0. The number of hydrogen-bond acceptors (Lipinski definition) is 2. The predicted octanol–water partition coefficient (Wildman–Crippen LogP) is 1.61. The van der Waals surface area contributed by atoms with Crippen LogP contribution in [0.15, 0.2) is 12.2 Å². The average molecular weight is 153 g/mol. The zero-order valence-electron chi connectivity index (χ0n) is 6.64. The van der Waals surface area contributed by atoms with Crippen molar-refractivity contribution >= 4 is 6.29 Å². The molecule has 1 unspecified atom stereocenters. The van der Waals surface area contributed by atoms with Gasteiger partial charge < -0.3 is 4.74 Å². The monoisotopic (exact) mass is 153 g/mol. The molecule has 1 heterocycles. The standard InChI is InChI=1S/C9H13O2/c1-8(7-10)4-5-9-3-2-6-11-9/h9H,1-6H2. The van der Waals surface area contributed by atoms with Crippen molar-refractivity contribution in [3.8, 4) is 0 Å². The van der Waals surface area contributed by atoms with Crippen molar-refractivity contribution in [2.45, 2.75) is 31.8 Å². The first-order chi connectivity index (χ1) is 5.33. The molecule has 61 valence electrons. The van der Waals surface area contributed by atoms with E-state index in [0.29, 0.717) is 11.7 Å². The van der Waals surface area contributed by atoms with Crippen LogP contribution in [0.4, 0.5) is 0 Å². The van der Waals surface area contributed by atoms with Crippen molar-refractivity contribution < 1.29 is 9.53 Å². The molecular formula is C9H13O2. The Morgan fingerprint density at radius 1 is 1.73 bits per heavy atom. The molecule has 0 saturated carbocycles. The second-order valence-electron chi connectivity index (χ2n) is 2.88. The number of carbonyl (C=O) groups excluding carboxylic acids is 1. The van der Waals surface area contributed by atoms with Gasteiger partial charge >= 0.3 is 0 Å². The van der Waals surface area contributed by atoms with Crippen LogP contribution in [0.3, 0.4) is 0 Å². The fourth-order valence-corrected chi connectivity index (χ4v) is 1.26. The molecule has 0 bridgehead atoms. The molecule has 0 amide bonds. The van der Waals surface area contributed by atoms with Gasteiger partial charge in [-0.15, -0.1) is 0 Å². The maximum Gasteiger partial charge on any atom is 0.228 e. The summed E-state index contributed by atoms with van der Waals surface area (Å²) in [6, 6.07) is 0. The van der Waals surface area contributed by atoms with Crippen LogP contribution in [0.5, 0.6) is 0 Å². The number of allylic oxidation sites excluding steroid dienone is 1. The molecule has 1 radical (unpaired) electrons. The highest BCUT2D eigenvalue weighted by atomic mass is 16.5. The Kier molecular flexibility index (Phi) is 3.30. The SMILES string of the molecule is C=C([C]=O)CCC1CCCO1. The molecule has 2 heteroatoms. The third-order valence-corrected chi connectivity index (χ3v) is 1.94. The molecule has 0 N–H and O–H groups in total. The van der Waals surface area contributed by atoms with E-state index >= 15 is 0 Å². The lowest BCUT2D eigenvalue weighted by Crippen LogP contribution is -2.04. The molecule has 1 rings (SSSR count). The van der Waals surface area contributed by atoms with E-state index < -0.39 is 0 Å². The highest BCUT2D eigenvalue weighted by molar-refractivity contribution is 5.72. The van der Waals surface area contributed by atoms with Gasteiger partial charge in [0.1, 0.15) is 0 Å². The van der Waals surface area contributed by atoms with Gasteiger partial charge in [-0.3, -0.25) is 4.79 Å². The van der Waals surface area contributed by atoms with E-state index in [-0.39, 0.29) is 0 Å². The van der Waals surface area contributed by atoms with Crippen molar-refractivity contribution in [3.63, 3.8) is 0 Å². The lowest BCUT2D eigenvalue weighted by Gasteiger charge is -2.06. The minimum Gasteiger partial charge on any atom is -0.378 e. The quantitative estimate of drug-likeness (QED) is 0.573. The van der Waals surface area contributed by atoms with Gasteiger partial charge in [0, 0.05) is 6.61 Å². The molecule has 1 aliphatic heterocycles. The molecule has 0 aromatic rings. The molecule has 2 nitrogen and oxygen atoms in total. The van der Waals surface area contributed by atoms with Crippen molar-refractivity contribution in [3.05, 3.63) is 12.2 Å². The maximum atomic E-state index is 10.0. The Hall–Kier alpha value is -0.630. The summed E-state index contributed by atoms with van der Waals surface area (Å²) in [5, 5.41) is 0. The van der Waals surface area contributed by atoms with Crippen LogP contribution in [0, 0.1) is 0 Å². The van der Waals surface area contributed by atoms with Crippen LogP contribution in [0.1, 0.15) is 25.7 Å². The molecule has 0 spiro atoms. The summed E-state index contributed by atoms with van der Waals surface area (Å²) in [5.41, 5.74) is 0.556. The fraction of sp³-hybridized carbons (Fsp3) is 0.667. The molecule has 0 aromatic carbocycles. The molecule has 1 fully saturated rings. The van der Waals surface area contributed by atoms with Gasteiger partial charge in [0.25, 0.3) is 0 Å². The lowest BCUT2D eigenvalue weighted by molar-refractivity contribution is 0.105. The highest BCUT2D eigenvalue weighted by Crippen LogP contribution is 2.17. The number of ether oxygens (including phenoxy) is 1. The topological polar surface area (TPSA) is 26.3 Å². The number of rotatable bonds is 4. The molecular weight excluding hydrogens is 140 g/mol. The molecule has 1 saturated heterocycles. The smallest absolute Gasteiger partial charge is 0.228 e. The summed E-state index contributed by atoms with van der Waals surface area (Å²) in [6.45, 7) is 4.43. The predicted molar refractivity (Wildman–Crippen MR) is 43.0 cm³/mol. The Balaban J connectivity index is 2.10. The van der Waals surface area contributed by atoms with Crippen LogP contribution in [0.25, 0.3) is 0 Å². The summed E-state index contributed by atoms with van der Waals surface area (Å²) in [4.78, 5) is 10.0. The first-order valence-corrected chi connectivity index (χ1v) is 4.00. The average Bonchev–Trinajstić information content (AvgIpc) is 2.52. The van der Waals surface area contributed by atoms with E-state index in [0.717, 1.165) is 32.3 Å². The third kappa shape index (κ3) is 2.85. The summed E-state index contributed by atoms with van der Waals surface area (Å²) in [7, 11) is 0. The zero-order valence-corrected chi connectivity index (χ0v) is 6.64. The van der Waals surface area contributed by atoms with Gasteiger partial charge in [0.15, 0.2) is 0 Å². The Labute approximate surface area is 67.2 Å². The lowest BCUT2D eigenvalue weighted by atomic mass is 10.1. The zero-order chi connectivity index (χ0) is 8.10. The van der Waals surface area contributed by atoms with Crippen molar-refractivity contribution in [2.24, 2.45) is 0 Å². The maximum absolute atomic E-state index is 10.0. The minimum atomic E-state index is 0.361. The second kappa shape index (κ2) is 4.29. The van der Waals surface area contributed by atoms with Gasteiger partial charge in [-0.2, -0.15) is 0 Å². The van der Waals surface area contributed by atoms with Crippen LogP contribution in [-0.4, -0.2) is 19.0 Å². The van der Waals surface area contributed by atoms with Crippen molar-refractivity contribution in [2.75, 3.05) is 6.61 Å². The minimum absolute atomic E-state index is 0.361. The van der Waals surface area contributed by atoms with E-state index in [1.165, 1.54) is 0 Å². The molecule has 1 aliphatic rings. The molecule has 1 atom stereocenters. The number of hydrogen-bond donors (Lipinski definition) is 0. The van der Waals surface area contributed by atoms with Gasteiger partial charge in [0.05, 0.1) is 6.10 Å². The van der Waals surface area contributed by atoms with Crippen LogP contribution < -0.4 is 0 Å². The summed E-state index contributed by atoms with van der Waals surface area (Å²) < 4.78 is 5.38. The Bertz CT molecular complexity index is 146. The van der Waals surface area contributed by atoms with Gasteiger partial charge in [0.2, 0.25) is 6.29 Å². The van der Waals surface area contributed by atoms with Crippen molar-refractivity contribution in [1.82, 2.24) is 0 Å². The first kappa shape index (κ1) is 8.47. The third-order valence-electron chi connectivity index (χ3n) is 1.94. The van der Waals surface area contributed by atoms with E-state index in [9.17, 15) is 4.79 Å². The summed E-state index contributed by atoms with van der Waals surface area (Å²) in [6.07, 6.45) is 6.09. The van der Waals surface area contributed by atoms with Crippen LogP contribution in [-0.2, 0) is 9.53 Å². The Morgan fingerprint density at radius 2 is 2.55 bits per heavy atom. The summed E-state index contributed by atoms with van der Waals surface area (Å²) in [5.74, 6) is 0. The normalized spacial score (nSPS) is 23.5. The largest absolute Gasteiger partial charge is 0.378 e. The van der Waals surface area contributed by atoms with E-state index in [1.54, 1.807) is 6.29 Å². The fourth-order valence-electron chi connectivity index (χ4n) is 1.26. The van der Waals surface area contributed by atoms with Crippen LogP contribution >= 0.6 is 0 Å². The van der Waals surface area contributed by atoms with E-state index in [1.807, 2.05) is 0 Å². The Morgan fingerprint density at radius 3 is 3.09 bits per heavy atom. The first-order valence-electron chi connectivity index (χ1n) is 4.00. The van der Waals surface area contributed by atoms with Gasteiger partial charge in [-0.25, -0.2) is 0 Å². The van der Waals surface area contributed by atoms with Crippen LogP contribution in [0.2, 0.25) is 0 Å².